The highest BCUT2D eigenvalue weighted by Gasteiger charge is 2.03. The maximum absolute atomic E-state index is 5.66. The molecule has 2 heteroatoms. The van der Waals surface area contributed by atoms with Crippen molar-refractivity contribution < 1.29 is 0 Å². The molecule has 0 aliphatic heterocycles. The molecule has 0 amide bonds. The Morgan fingerprint density at radius 1 is 1.10 bits per heavy atom. The van der Waals surface area contributed by atoms with Gasteiger partial charge in [-0.25, -0.2) is 0 Å². The Morgan fingerprint density at radius 3 is 2.10 bits per heavy atom. The lowest BCUT2D eigenvalue weighted by Crippen LogP contribution is -2.03. The maximum atomic E-state index is 5.66. The molecule has 0 aliphatic carbocycles. The molecule has 0 saturated carbocycles. The van der Waals surface area contributed by atoms with Crippen LogP contribution in [0.2, 0.25) is 0 Å². The molecule has 0 saturated heterocycles. The summed E-state index contributed by atoms with van der Waals surface area (Å²) < 4.78 is 0. The van der Waals surface area contributed by atoms with Crippen molar-refractivity contribution in [3.05, 3.63) is 0 Å². The lowest BCUT2D eigenvalue weighted by Gasteiger charge is -2.07. The van der Waals surface area contributed by atoms with Crippen LogP contribution in [-0.2, 0) is 0 Å². The molecule has 0 spiro atoms. The highest BCUT2D eigenvalue weighted by Crippen LogP contribution is 2.12. The van der Waals surface area contributed by atoms with Crippen LogP contribution in [0.1, 0.15) is 32.6 Å². The Hall–Kier alpha value is 0.580. The summed E-state index contributed by atoms with van der Waals surface area (Å²) in [4.78, 5) is 0. The van der Waals surface area contributed by atoms with Crippen molar-refractivity contribution in [1.29, 1.82) is 0 Å². The van der Waals surface area contributed by atoms with Crippen LogP contribution in [0.5, 0.6) is 0 Å². The number of alkyl halides is 2. The summed E-state index contributed by atoms with van der Waals surface area (Å²) in [6.07, 6.45) is 5.06. The minimum atomic E-state index is 0.537. The zero-order valence-corrected chi connectivity index (χ0v) is 8.09. The third-order valence-corrected chi connectivity index (χ3v) is 2.53. The van der Waals surface area contributed by atoms with Gasteiger partial charge in [0.1, 0.15) is 0 Å². The van der Waals surface area contributed by atoms with Gasteiger partial charge in [-0.2, -0.15) is 0 Å². The highest BCUT2D eigenvalue weighted by molar-refractivity contribution is 6.20. The highest BCUT2D eigenvalue weighted by atomic mass is 35.5. The van der Waals surface area contributed by atoms with Gasteiger partial charge in [0.2, 0.25) is 0 Å². The van der Waals surface area contributed by atoms with Gasteiger partial charge in [0.05, 0.1) is 0 Å². The molecule has 0 fully saturated rings. The van der Waals surface area contributed by atoms with E-state index in [0.29, 0.717) is 17.7 Å². The first-order valence-corrected chi connectivity index (χ1v) is 5.04. The van der Waals surface area contributed by atoms with Crippen LogP contribution in [0.3, 0.4) is 0 Å². The van der Waals surface area contributed by atoms with Crippen LogP contribution in [0.25, 0.3) is 0 Å². The SMILES string of the molecule is CCCCCC(CCl)CCl. The molecular weight excluding hydrogens is 167 g/mol. The molecule has 0 unspecified atom stereocenters. The Balaban J connectivity index is 3.09. The predicted molar refractivity (Wildman–Crippen MR) is 49.1 cm³/mol. The monoisotopic (exact) mass is 182 g/mol. The standard InChI is InChI=1S/C8H16Cl2/c1-2-3-4-5-8(6-9)7-10/h8H,2-7H2,1H3. The summed E-state index contributed by atoms with van der Waals surface area (Å²) in [5, 5.41) is 0. The van der Waals surface area contributed by atoms with E-state index in [-0.39, 0.29) is 0 Å². The molecular formula is C8H16Cl2. The van der Waals surface area contributed by atoms with Crippen LogP contribution in [0.15, 0.2) is 0 Å². The van der Waals surface area contributed by atoms with E-state index in [1.807, 2.05) is 0 Å². The molecule has 0 rings (SSSR count). The Labute approximate surface area is 73.9 Å². The zero-order valence-electron chi connectivity index (χ0n) is 6.58. The van der Waals surface area contributed by atoms with Crippen molar-refractivity contribution in [3.63, 3.8) is 0 Å². The van der Waals surface area contributed by atoms with Crippen molar-refractivity contribution in [2.75, 3.05) is 11.8 Å². The molecule has 0 aromatic heterocycles. The molecule has 0 bridgehead atoms. The van der Waals surface area contributed by atoms with Crippen LogP contribution in [-0.4, -0.2) is 11.8 Å². The van der Waals surface area contributed by atoms with E-state index in [4.69, 9.17) is 23.2 Å². The average Bonchev–Trinajstić information content (AvgIpc) is 1.99. The van der Waals surface area contributed by atoms with Crippen LogP contribution >= 0.6 is 23.2 Å². The van der Waals surface area contributed by atoms with E-state index >= 15 is 0 Å². The van der Waals surface area contributed by atoms with E-state index in [2.05, 4.69) is 6.92 Å². The quantitative estimate of drug-likeness (QED) is 0.435. The van der Waals surface area contributed by atoms with Crippen molar-refractivity contribution in [2.45, 2.75) is 32.6 Å². The van der Waals surface area contributed by atoms with E-state index < -0.39 is 0 Å². The summed E-state index contributed by atoms with van der Waals surface area (Å²) >= 11 is 11.3. The van der Waals surface area contributed by atoms with Crippen molar-refractivity contribution >= 4 is 23.2 Å². The summed E-state index contributed by atoms with van der Waals surface area (Å²) in [5.74, 6) is 1.97. The van der Waals surface area contributed by atoms with Gasteiger partial charge in [0.15, 0.2) is 0 Å². The molecule has 0 atom stereocenters. The van der Waals surface area contributed by atoms with Crippen LogP contribution in [0.4, 0.5) is 0 Å². The maximum Gasteiger partial charge on any atom is 0.0263 e. The van der Waals surface area contributed by atoms with Gasteiger partial charge in [-0.3, -0.25) is 0 Å². The first kappa shape index (κ1) is 10.6. The van der Waals surface area contributed by atoms with Crippen molar-refractivity contribution in [1.82, 2.24) is 0 Å². The van der Waals surface area contributed by atoms with Gasteiger partial charge < -0.3 is 0 Å². The van der Waals surface area contributed by atoms with Gasteiger partial charge in [0, 0.05) is 11.8 Å². The molecule has 0 aliphatic rings. The molecule has 0 aromatic rings. The second kappa shape index (κ2) is 7.68. The number of rotatable bonds is 6. The fourth-order valence-electron chi connectivity index (χ4n) is 0.879. The largest absolute Gasteiger partial charge is 0.126 e. The molecule has 62 valence electrons. The first-order chi connectivity index (χ1) is 4.85. The lowest BCUT2D eigenvalue weighted by atomic mass is 10.1. The van der Waals surface area contributed by atoms with E-state index in [1.54, 1.807) is 0 Å². The average molecular weight is 183 g/mol. The first-order valence-electron chi connectivity index (χ1n) is 3.97. The third kappa shape index (κ3) is 5.37. The number of hydrogen-bond acceptors (Lipinski definition) is 0. The predicted octanol–water partition coefficient (Wildman–Crippen LogP) is 3.66. The summed E-state index contributed by atoms with van der Waals surface area (Å²) in [5.41, 5.74) is 0. The van der Waals surface area contributed by atoms with Crippen molar-refractivity contribution in [2.24, 2.45) is 5.92 Å². The summed E-state index contributed by atoms with van der Waals surface area (Å²) in [6, 6.07) is 0. The number of unbranched alkanes of at least 4 members (excludes halogenated alkanes) is 2. The van der Waals surface area contributed by atoms with E-state index in [1.165, 1.54) is 25.7 Å². The van der Waals surface area contributed by atoms with Gasteiger partial charge in [-0.05, 0) is 12.3 Å². The van der Waals surface area contributed by atoms with E-state index in [0.717, 1.165) is 0 Å². The summed E-state index contributed by atoms with van der Waals surface area (Å²) in [6.45, 7) is 2.20. The van der Waals surface area contributed by atoms with Crippen LogP contribution in [0, 0.1) is 5.92 Å². The molecule has 0 N–H and O–H groups in total. The van der Waals surface area contributed by atoms with Gasteiger partial charge in [-0.15, -0.1) is 23.2 Å². The molecule has 0 heterocycles. The zero-order chi connectivity index (χ0) is 7.82. The topological polar surface area (TPSA) is 0 Å². The normalized spacial score (nSPS) is 10.8. The third-order valence-electron chi connectivity index (χ3n) is 1.65. The molecule has 0 aromatic carbocycles. The number of halogens is 2. The fraction of sp³-hybridized carbons (Fsp3) is 1.00. The summed E-state index contributed by atoms with van der Waals surface area (Å²) in [7, 11) is 0. The fourth-order valence-corrected chi connectivity index (χ4v) is 1.52. The second-order valence-electron chi connectivity index (χ2n) is 2.67. The van der Waals surface area contributed by atoms with Gasteiger partial charge in [0.25, 0.3) is 0 Å². The molecule has 10 heavy (non-hydrogen) atoms. The van der Waals surface area contributed by atoms with Crippen LogP contribution < -0.4 is 0 Å². The Morgan fingerprint density at radius 2 is 1.70 bits per heavy atom. The smallest absolute Gasteiger partial charge is 0.0263 e. The van der Waals surface area contributed by atoms with Gasteiger partial charge >= 0.3 is 0 Å². The Bertz CT molecular complexity index is 60.3. The Kier molecular flexibility index (Phi) is 8.13. The molecule has 0 nitrogen and oxygen atoms in total. The van der Waals surface area contributed by atoms with Crippen molar-refractivity contribution in [3.8, 4) is 0 Å². The van der Waals surface area contributed by atoms with E-state index in [9.17, 15) is 0 Å². The lowest BCUT2D eigenvalue weighted by molar-refractivity contribution is 0.543. The number of hydrogen-bond donors (Lipinski definition) is 0. The second-order valence-corrected chi connectivity index (χ2v) is 3.29. The molecule has 0 radical (unpaired) electrons. The minimum Gasteiger partial charge on any atom is -0.126 e. The minimum absolute atomic E-state index is 0.537. The van der Waals surface area contributed by atoms with Gasteiger partial charge in [-0.1, -0.05) is 26.2 Å².